The zero-order chi connectivity index (χ0) is 24.0. The fourth-order valence-electron chi connectivity index (χ4n) is 4.69. The van der Waals surface area contributed by atoms with Gasteiger partial charge in [-0.05, 0) is 92.3 Å². The molecule has 2 atom stereocenters. The van der Waals surface area contributed by atoms with Crippen molar-refractivity contribution in [1.82, 2.24) is 14.9 Å². The van der Waals surface area contributed by atoms with Gasteiger partial charge in [0, 0.05) is 32.8 Å². The van der Waals surface area contributed by atoms with E-state index in [4.69, 9.17) is 23.8 Å². The van der Waals surface area contributed by atoms with Gasteiger partial charge in [-0.25, -0.2) is 0 Å². The van der Waals surface area contributed by atoms with E-state index in [1.807, 2.05) is 35.2 Å². The van der Waals surface area contributed by atoms with Gasteiger partial charge in [-0.3, -0.25) is 4.98 Å². The van der Waals surface area contributed by atoms with Crippen molar-refractivity contribution in [1.29, 1.82) is 0 Å². The maximum atomic E-state index is 10.8. The third kappa shape index (κ3) is 3.98. The molecule has 2 aromatic heterocycles. The third-order valence-corrected chi connectivity index (χ3v) is 7.25. The van der Waals surface area contributed by atoms with Gasteiger partial charge in [0.2, 0.25) is 0 Å². The molecule has 0 bridgehead atoms. The number of anilines is 1. The number of aryl methyl sites for hydroxylation is 1. The van der Waals surface area contributed by atoms with Gasteiger partial charge in [0.05, 0.1) is 23.5 Å². The van der Waals surface area contributed by atoms with E-state index in [2.05, 4.69) is 62.8 Å². The van der Waals surface area contributed by atoms with Crippen molar-refractivity contribution in [3.05, 3.63) is 105 Å². The van der Waals surface area contributed by atoms with Crippen LogP contribution in [0.2, 0.25) is 5.02 Å². The average molecular weight is 554 g/mol. The molecule has 0 aliphatic carbocycles. The van der Waals surface area contributed by atoms with E-state index in [0.29, 0.717) is 15.8 Å². The van der Waals surface area contributed by atoms with Crippen molar-refractivity contribution >= 4 is 50.5 Å². The zero-order valence-corrected chi connectivity index (χ0v) is 21.7. The van der Waals surface area contributed by atoms with Crippen LogP contribution < -0.4 is 10.2 Å². The van der Waals surface area contributed by atoms with Gasteiger partial charge < -0.3 is 19.9 Å². The van der Waals surface area contributed by atoms with Crippen LogP contribution in [0.25, 0.3) is 5.69 Å². The highest BCUT2D eigenvalue weighted by molar-refractivity contribution is 9.10. The first kappa shape index (κ1) is 22.9. The number of nitrogens with zero attached hydrogens (tertiary/aromatic N) is 3. The number of phenols is 1. The maximum Gasteiger partial charge on any atom is 0.174 e. The van der Waals surface area contributed by atoms with Crippen LogP contribution in [-0.4, -0.2) is 19.8 Å². The van der Waals surface area contributed by atoms with Crippen LogP contribution in [0, 0.1) is 13.8 Å². The van der Waals surface area contributed by atoms with Gasteiger partial charge in [0.25, 0.3) is 0 Å². The lowest BCUT2D eigenvalue weighted by atomic mass is 9.96. The van der Waals surface area contributed by atoms with E-state index < -0.39 is 0 Å². The standard InChI is InChI=1S/C26H22BrClN4OS/c1-15-13-20(16(2)31(15)19-9-6-17(27)7-10-19)25-24(21-5-3-4-12-29-21)30-26(34)32(25)22-14-18(28)8-11-23(22)33/h3-14,24-25,33H,1-2H3,(H,30,34)/t24-,25+/m0/s1. The Kier molecular flexibility index (Phi) is 6.10. The first-order valence-electron chi connectivity index (χ1n) is 10.8. The minimum atomic E-state index is -0.248. The van der Waals surface area contributed by atoms with Crippen LogP contribution in [0.4, 0.5) is 5.69 Å². The lowest BCUT2D eigenvalue weighted by molar-refractivity contribution is 0.472. The molecule has 2 aromatic carbocycles. The van der Waals surface area contributed by atoms with Crippen LogP contribution in [0.5, 0.6) is 5.75 Å². The van der Waals surface area contributed by atoms with E-state index in [0.717, 1.165) is 32.8 Å². The molecule has 0 radical (unpaired) electrons. The Labute approximate surface area is 217 Å². The Morgan fingerprint density at radius 3 is 2.53 bits per heavy atom. The maximum absolute atomic E-state index is 10.8. The Bertz CT molecular complexity index is 1370. The molecule has 5 rings (SSSR count). The van der Waals surface area contributed by atoms with Crippen molar-refractivity contribution < 1.29 is 5.11 Å². The second-order valence-electron chi connectivity index (χ2n) is 8.27. The number of aromatic hydroxyl groups is 1. The van der Waals surface area contributed by atoms with E-state index in [1.165, 1.54) is 0 Å². The highest BCUT2D eigenvalue weighted by Crippen LogP contribution is 2.46. The molecular formula is C26H22BrClN4OS. The van der Waals surface area contributed by atoms with E-state index in [9.17, 15) is 5.11 Å². The number of aromatic nitrogens is 2. The number of pyridine rings is 1. The van der Waals surface area contributed by atoms with Gasteiger partial charge in [0.1, 0.15) is 5.75 Å². The Morgan fingerprint density at radius 2 is 1.82 bits per heavy atom. The van der Waals surface area contributed by atoms with E-state index in [-0.39, 0.29) is 17.8 Å². The number of rotatable bonds is 4. The molecule has 0 unspecified atom stereocenters. The van der Waals surface area contributed by atoms with Gasteiger partial charge >= 0.3 is 0 Å². The highest BCUT2D eigenvalue weighted by atomic mass is 79.9. The first-order valence-corrected chi connectivity index (χ1v) is 12.4. The van der Waals surface area contributed by atoms with Crippen molar-refractivity contribution in [3.8, 4) is 11.4 Å². The van der Waals surface area contributed by atoms with Gasteiger partial charge in [-0.2, -0.15) is 0 Å². The quantitative estimate of drug-likeness (QED) is 0.273. The summed E-state index contributed by atoms with van der Waals surface area (Å²) in [6.45, 7) is 4.20. The minimum absolute atomic E-state index is 0.113. The van der Waals surface area contributed by atoms with Crippen LogP contribution in [0.15, 0.2) is 77.4 Å². The number of thiocarbonyl (C=S) groups is 1. The van der Waals surface area contributed by atoms with Crippen LogP contribution in [0.1, 0.15) is 34.7 Å². The highest BCUT2D eigenvalue weighted by Gasteiger charge is 2.43. The molecule has 4 aromatic rings. The summed E-state index contributed by atoms with van der Waals surface area (Å²) in [5.41, 5.74) is 5.77. The molecule has 8 heteroatoms. The molecule has 0 amide bonds. The number of benzene rings is 2. The topological polar surface area (TPSA) is 53.3 Å². The third-order valence-electron chi connectivity index (χ3n) is 6.17. The van der Waals surface area contributed by atoms with Crippen molar-refractivity contribution in [2.45, 2.75) is 25.9 Å². The Balaban J connectivity index is 1.70. The molecular weight excluding hydrogens is 532 g/mol. The number of hydrogen-bond acceptors (Lipinski definition) is 3. The van der Waals surface area contributed by atoms with E-state index in [1.54, 1.807) is 24.4 Å². The molecule has 0 spiro atoms. The predicted molar refractivity (Wildman–Crippen MR) is 144 cm³/mol. The zero-order valence-electron chi connectivity index (χ0n) is 18.5. The molecule has 2 N–H and O–H groups in total. The SMILES string of the molecule is Cc1cc([C@@H]2[C@H](c3ccccn3)NC(=S)N2c2cc(Cl)ccc2O)c(C)n1-c1ccc(Br)cc1. The van der Waals surface area contributed by atoms with Crippen LogP contribution in [0.3, 0.4) is 0 Å². The summed E-state index contributed by atoms with van der Waals surface area (Å²) >= 11 is 15.6. The Morgan fingerprint density at radius 1 is 1.06 bits per heavy atom. The summed E-state index contributed by atoms with van der Waals surface area (Å²) in [5, 5.41) is 15.2. The molecule has 34 heavy (non-hydrogen) atoms. The number of halogens is 2. The van der Waals surface area contributed by atoms with Crippen molar-refractivity contribution in [2.24, 2.45) is 0 Å². The number of hydrogen-bond donors (Lipinski definition) is 2. The summed E-state index contributed by atoms with van der Waals surface area (Å²) in [4.78, 5) is 6.56. The molecule has 5 nitrogen and oxygen atoms in total. The summed E-state index contributed by atoms with van der Waals surface area (Å²) in [6.07, 6.45) is 1.78. The second kappa shape index (κ2) is 9.06. The second-order valence-corrected chi connectivity index (χ2v) is 10.0. The fourth-order valence-corrected chi connectivity index (χ4v) is 5.46. The normalized spacial score (nSPS) is 17.8. The van der Waals surface area contributed by atoms with Crippen molar-refractivity contribution in [3.63, 3.8) is 0 Å². The van der Waals surface area contributed by atoms with Crippen LogP contribution >= 0.6 is 39.7 Å². The Hall–Kier alpha value is -2.87. The van der Waals surface area contributed by atoms with Crippen molar-refractivity contribution in [2.75, 3.05) is 4.90 Å². The summed E-state index contributed by atoms with van der Waals surface area (Å²) in [6, 6.07) is 20.8. The number of nitrogens with one attached hydrogen (secondary N) is 1. The molecule has 1 saturated heterocycles. The van der Waals surface area contributed by atoms with Gasteiger partial charge in [-0.15, -0.1) is 0 Å². The lowest BCUT2D eigenvalue weighted by Crippen LogP contribution is -2.29. The molecule has 3 heterocycles. The smallest absolute Gasteiger partial charge is 0.174 e. The fraction of sp³-hybridized carbons (Fsp3) is 0.154. The average Bonchev–Trinajstić information content (AvgIpc) is 3.32. The molecule has 0 saturated carbocycles. The van der Waals surface area contributed by atoms with Crippen LogP contribution in [-0.2, 0) is 0 Å². The summed E-state index contributed by atoms with van der Waals surface area (Å²) in [7, 11) is 0. The number of phenolic OH excluding ortho intramolecular Hbond substituents is 1. The molecule has 1 fully saturated rings. The lowest BCUT2D eigenvalue weighted by Gasteiger charge is -2.28. The predicted octanol–water partition coefficient (Wildman–Crippen LogP) is 6.79. The van der Waals surface area contributed by atoms with Gasteiger partial charge in [-0.1, -0.05) is 33.6 Å². The molecule has 1 aliphatic heterocycles. The largest absolute Gasteiger partial charge is 0.506 e. The minimum Gasteiger partial charge on any atom is -0.506 e. The summed E-state index contributed by atoms with van der Waals surface area (Å²) < 4.78 is 3.26. The van der Waals surface area contributed by atoms with Gasteiger partial charge in [0.15, 0.2) is 5.11 Å². The first-order chi connectivity index (χ1) is 16.3. The molecule has 172 valence electrons. The van der Waals surface area contributed by atoms with E-state index >= 15 is 0 Å². The molecule has 1 aliphatic rings. The summed E-state index contributed by atoms with van der Waals surface area (Å²) in [5.74, 6) is 0.113. The monoisotopic (exact) mass is 552 g/mol.